The molecule has 0 aliphatic heterocycles. The highest BCUT2D eigenvalue weighted by Gasteiger charge is 2.30. The number of phosphoric acid groups is 1. The molecule has 0 aromatic rings. The number of hydrogen-bond acceptors (Lipinski definition) is 6. The Labute approximate surface area is 389 Å². The standard InChI is InChI=1S/C53H101N2O7P/c1-7-10-13-16-19-22-25-27-28-31-34-37-40-43-46-53(57)62-51(44-41-38-35-32-30-26-23-20-17-14-11-8-2)50(49-61-63(58,59)60-48-47-55(4,5)6)54-52(56)45-42-39-36-33-29-24-21-18-15-12-9-3/h10,13,19,22,41,44,50-51H,7-9,11-12,14-18,20-21,23-40,42-43,45-49H2,1-6H3,(H-,54,56,58,59)/p+1/b13-10+,22-19+,44-41+. The van der Waals surface area contributed by atoms with Crippen molar-refractivity contribution in [2.24, 2.45) is 0 Å². The number of quaternary nitrogens is 1. The van der Waals surface area contributed by atoms with Crippen LogP contribution in [0.25, 0.3) is 0 Å². The molecule has 0 saturated heterocycles. The molecule has 0 aliphatic carbocycles. The first-order valence-corrected chi connectivity index (χ1v) is 27.8. The number of unbranched alkanes of at least 4 members (excludes halogenated alkanes) is 27. The molecule has 9 nitrogen and oxygen atoms in total. The molecule has 0 rings (SSSR count). The van der Waals surface area contributed by atoms with Crippen molar-refractivity contribution in [2.45, 2.75) is 251 Å². The quantitative estimate of drug-likeness (QED) is 0.0206. The Morgan fingerprint density at radius 3 is 1.51 bits per heavy atom. The van der Waals surface area contributed by atoms with E-state index in [1.54, 1.807) is 0 Å². The van der Waals surface area contributed by atoms with Crippen LogP contribution >= 0.6 is 7.82 Å². The molecule has 2 N–H and O–H groups in total. The Hall–Kier alpha value is -1.77. The largest absolute Gasteiger partial charge is 0.472 e. The molecule has 10 heteroatoms. The van der Waals surface area contributed by atoms with Gasteiger partial charge in [-0.15, -0.1) is 0 Å². The number of allylic oxidation sites excluding steroid dienone is 5. The van der Waals surface area contributed by atoms with E-state index in [1.807, 2.05) is 33.3 Å². The van der Waals surface area contributed by atoms with Gasteiger partial charge in [0.25, 0.3) is 0 Å². The van der Waals surface area contributed by atoms with E-state index in [2.05, 4.69) is 50.4 Å². The van der Waals surface area contributed by atoms with Crippen molar-refractivity contribution in [3.63, 3.8) is 0 Å². The van der Waals surface area contributed by atoms with E-state index in [0.29, 0.717) is 17.4 Å². The van der Waals surface area contributed by atoms with Crippen LogP contribution in [-0.2, 0) is 27.9 Å². The van der Waals surface area contributed by atoms with E-state index in [9.17, 15) is 19.0 Å². The molecule has 3 unspecified atom stereocenters. The maximum absolute atomic E-state index is 13.4. The zero-order valence-electron chi connectivity index (χ0n) is 42.1. The average Bonchev–Trinajstić information content (AvgIpc) is 3.23. The topological polar surface area (TPSA) is 111 Å². The molecule has 0 aromatic carbocycles. The Morgan fingerprint density at radius 1 is 0.571 bits per heavy atom. The van der Waals surface area contributed by atoms with Crippen LogP contribution < -0.4 is 5.32 Å². The van der Waals surface area contributed by atoms with Crippen LogP contribution in [0.3, 0.4) is 0 Å². The highest BCUT2D eigenvalue weighted by Crippen LogP contribution is 2.43. The summed E-state index contributed by atoms with van der Waals surface area (Å²) in [6.07, 6.45) is 49.9. The fourth-order valence-electron chi connectivity index (χ4n) is 7.51. The van der Waals surface area contributed by atoms with Crippen molar-refractivity contribution in [3.05, 3.63) is 36.5 Å². The van der Waals surface area contributed by atoms with Crippen molar-refractivity contribution < 1.29 is 37.3 Å². The van der Waals surface area contributed by atoms with Crippen molar-refractivity contribution in [1.29, 1.82) is 0 Å². The molecule has 0 heterocycles. The van der Waals surface area contributed by atoms with Crippen LogP contribution in [0.4, 0.5) is 0 Å². The smallest absolute Gasteiger partial charge is 0.456 e. The molecular formula is C53H102N2O7P+. The molecule has 63 heavy (non-hydrogen) atoms. The van der Waals surface area contributed by atoms with Crippen LogP contribution in [-0.4, -0.2) is 74.3 Å². The third-order valence-electron chi connectivity index (χ3n) is 11.6. The van der Waals surface area contributed by atoms with Gasteiger partial charge in [0.2, 0.25) is 5.91 Å². The maximum Gasteiger partial charge on any atom is 0.472 e. The lowest BCUT2D eigenvalue weighted by Crippen LogP contribution is -2.47. The summed E-state index contributed by atoms with van der Waals surface area (Å²) in [5.74, 6) is -0.511. The molecule has 3 atom stereocenters. The molecule has 1 amide bonds. The molecule has 0 fully saturated rings. The number of amides is 1. The highest BCUT2D eigenvalue weighted by atomic mass is 31.2. The van der Waals surface area contributed by atoms with Gasteiger partial charge in [0.15, 0.2) is 0 Å². The first-order valence-electron chi connectivity index (χ1n) is 26.3. The van der Waals surface area contributed by atoms with Crippen molar-refractivity contribution in [1.82, 2.24) is 5.32 Å². The monoisotopic (exact) mass is 910 g/mol. The lowest BCUT2D eigenvalue weighted by atomic mass is 10.0. The number of esters is 1. The van der Waals surface area contributed by atoms with E-state index in [1.165, 1.54) is 122 Å². The second-order valence-electron chi connectivity index (χ2n) is 19.0. The number of carbonyl (C=O) groups is 2. The molecule has 0 radical (unpaired) electrons. The van der Waals surface area contributed by atoms with Crippen LogP contribution in [0.5, 0.6) is 0 Å². The predicted molar refractivity (Wildman–Crippen MR) is 268 cm³/mol. The number of likely N-dealkylation sites (N-methyl/N-ethyl adjacent to an activating group) is 1. The normalized spacial score (nSPS) is 14.2. The summed E-state index contributed by atoms with van der Waals surface area (Å²) in [5, 5.41) is 3.03. The van der Waals surface area contributed by atoms with Gasteiger partial charge in [-0.25, -0.2) is 4.57 Å². The minimum absolute atomic E-state index is 0.0406. The van der Waals surface area contributed by atoms with Gasteiger partial charge in [0.05, 0.1) is 33.8 Å². The summed E-state index contributed by atoms with van der Waals surface area (Å²) >= 11 is 0. The predicted octanol–water partition coefficient (Wildman–Crippen LogP) is 15.2. The fourth-order valence-corrected chi connectivity index (χ4v) is 8.24. The van der Waals surface area contributed by atoms with Gasteiger partial charge in [-0.05, 0) is 57.4 Å². The van der Waals surface area contributed by atoms with Crippen LogP contribution in [0.1, 0.15) is 239 Å². The fraction of sp³-hybridized carbons (Fsp3) is 0.849. The van der Waals surface area contributed by atoms with E-state index in [4.69, 9.17) is 13.8 Å². The van der Waals surface area contributed by atoms with Gasteiger partial charge >= 0.3 is 13.8 Å². The third kappa shape index (κ3) is 45.2. The number of hydrogen-bond donors (Lipinski definition) is 2. The van der Waals surface area contributed by atoms with Crippen LogP contribution in [0.15, 0.2) is 36.5 Å². The number of carbonyl (C=O) groups excluding carboxylic acids is 2. The third-order valence-corrected chi connectivity index (χ3v) is 12.6. The zero-order chi connectivity index (χ0) is 46.5. The lowest BCUT2D eigenvalue weighted by molar-refractivity contribution is -0.870. The van der Waals surface area contributed by atoms with Crippen molar-refractivity contribution in [2.75, 3.05) is 40.9 Å². The van der Waals surface area contributed by atoms with Crippen molar-refractivity contribution in [3.8, 4) is 0 Å². The summed E-state index contributed by atoms with van der Waals surface area (Å²) in [4.78, 5) is 37.4. The molecule has 0 bridgehead atoms. The van der Waals surface area contributed by atoms with Crippen LogP contribution in [0, 0.1) is 0 Å². The number of rotatable bonds is 47. The maximum atomic E-state index is 13.4. The molecule has 0 spiro atoms. The van der Waals surface area contributed by atoms with E-state index in [-0.39, 0.29) is 31.5 Å². The van der Waals surface area contributed by atoms with Gasteiger partial charge in [0.1, 0.15) is 19.3 Å². The zero-order valence-corrected chi connectivity index (χ0v) is 43.0. The Bertz CT molecular complexity index is 1180. The van der Waals surface area contributed by atoms with Crippen LogP contribution in [0.2, 0.25) is 0 Å². The van der Waals surface area contributed by atoms with E-state index >= 15 is 0 Å². The van der Waals surface area contributed by atoms with E-state index in [0.717, 1.165) is 83.5 Å². The molecular weight excluding hydrogens is 808 g/mol. The molecule has 370 valence electrons. The Morgan fingerprint density at radius 2 is 1.02 bits per heavy atom. The minimum atomic E-state index is -4.43. The second kappa shape index (κ2) is 44.1. The first kappa shape index (κ1) is 61.2. The highest BCUT2D eigenvalue weighted by molar-refractivity contribution is 7.47. The summed E-state index contributed by atoms with van der Waals surface area (Å²) in [7, 11) is 1.49. The molecule has 0 aromatic heterocycles. The number of nitrogens with zero attached hydrogens (tertiary/aromatic N) is 1. The minimum Gasteiger partial charge on any atom is -0.456 e. The SMILES string of the molecule is CC/C=C/C/C=C/CCCCCCCCCC(=O)OC(/C=C/CCCCCCCCCCCC)C(COP(=O)(O)OCC[N+](C)(C)C)NC(=O)CCCCCCCCCCCCC. The van der Waals surface area contributed by atoms with Gasteiger partial charge in [-0.3, -0.25) is 18.6 Å². The summed E-state index contributed by atoms with van der Waals surface area (Å²) in [5.41, 5.74) is 0. The van der Waals surface area contributed by atoms with Gasteiger partial charge in [-0.1, -0.05) is 205 Å². The summed E-state index contributed by atoms with van der Waals surface area (Å²) in [6.45, 7) is 6.89. The summed E-state index contributed by atoms with van der Waals surface area (Å²) in [6, 6.07) is -0.844. The van der Waals surface area contributed by atoms with Gasteiger partial charge in [-0.2, -0.15) is 0 Å². The molecule has 0 aliphatic rings. The Kier molecular flexibility index (Phi) is 42.8. The van der Waals surface area contributed by atoms with Gasteiger partial charge < -0.3 is 19.4 Å². The van der Waals surface area contributed by atoms with E-state index < -0.39 is 20.0 Å². The number of phosphoric ester groups is 1. The Balaban J connectivity index is 5.42. The summed E-state index contributed by atoms with van der Waals surface area (Å²) < 4.78 is 30.5. The number of nitrogens with one attached hydrogen (secondary N) is 1. The van der Waals surface area contributed by atoms with Crippen molar-refractivity contribution >= 4 is 19.7 Å². The van der Waals surface area contributed by atoms with Gasteiger partial charge in [0, 0.05) is 12.8 Å². The average molecular weight is 910 g/mol. The second-order valence-corrected chi connectivity index (χ2v) is 20.5. The lowest BCUT2D eigenvalue weighted by Gasteiger charge is -2.27. The number of ether oxygens (including phenoxy) is 1. The first-order chi connectivity index (χ1) is 30.4. The molecule has 0 saturated carbocycles.